The number of carbonyl (C=O) groups is 1. The Labute approximate surface area is 98.8 Å². The molecule has 2 N–H and O–H groups in total. The van der Waals surface area contributed by atoms with Crippen LogP contribution in [0.3, 0.4) is 0 Å². The van der Waals surface area contributed by atoms with Crippen LogP contribution in [0.25, 0.3) is 4.85 Å². The lowest BCUT2D eigenvalue weighted by Crippen LogP contribution is -2.28. The van der Waals surface area contributed by atoms with Gasteiger partial charge in [-0.25, -0.2) is 4.85 Å². The maximum atomic E-state index is 11.5. The summed E-state index contributed by atoms with van der Waals surface area (Å²) >= 11 is 0. The Morgan fingerprint density at radius 1 is 1.35 bits per heavy atom. The second-order valence-electron chi connectivity index (χ2n) is 3.20. The van der Waals surface area contributed by atoms with Gasteiger partial charge in [0.2, 0.25) is 0 Å². The molecule has 0 fully saturated rings. The average molecular weight is 254 g/mol. The highest BCUT2D eigenvalue weighted by Crippen LogP contribution is 2.12. The van der Waals surface area contributed by atoms with Crippen molar-refractivity contribution < 1.29 is 17.8 Å². The van der Waals surface area contributed by atoms with Crippen LogP contribution in [0, 0.1) is 6.57 Å². The van der Waals surface area contributed by atoms with Crippen LogP contribution in [0.4, 0.5) is 5.69 Å². The Morgan fingerprint density at radius 2 is 1.94 bits per heavy atom. The van der Waals surface area contributed by atoms with E-state index in [0.717, 1.165) is 0 Å². The highest BCUT2D eigenvalue weighted by Gasteiger charge is 2.08. The van der Waals surface area contributed by atoms with E-state index >= 15 is 0 Å². The quantitative estimate of drug-likeness (QED) is 0.616. The van der Waals surface area contributed by atoms with Gasteiger partial charge < -0.3 is 5.32 Å². The van der Waals surface area contributed by atoms with Crippen LogP contribution in [0.1, 0.15) is 10.4 Å². The van der Waals surface area contributed by atoms with Crippen molar-refractivity contribution in [3.8, 4) is 0 Å². The number of nitrogens with zero attached hydrogens (tertiary/aromatic N) is 1. The normalized spacial score (nSPS) is 10.6. The monoisotopic (exact) mass is 254 g/mol. The molecule has 0 aliphatic heterocycles. The third kappa shape index (κ3) is 4.63. The summed E-state index contributed by atoms with van der Waals surface area (Å²) in [6.07, 6.45) is 0. The van der Waals surface area contributed by atoms with E-state index in [0.29, 0.717) is 11.3 Å². The molecule has 6 nitrogen and oxygen atoms in total. The lowest BCUT2D eigenvalue weighted by Gasteiger charge is -2.03. The van der Waals surface area contributed by atoms with E-state index in [4.69, 9.17) is 11.1 Å². The third-order valence-corrected chi connectivity index (χ3v) is 2.62. The van der Waals surface area contributed by atoms with Crippen LogP contribution >= 0.6 is 0 Å². The summed E-state index contributed by atoms with van der Waals surface area (Å²) in [6, 6.07) is 5.92. The predicted molar refractivity (Wildman–Crippen MR) is 61.5 cm³/mol. The minimum atomic E-state index is -4.07. The Balaban J connectivity index is 2.56. The molecule has 0 spiro atoms. The fourth-order valence-corrected chi connectivity index (χ4v) is 1.44. The SMILES string of the molecule is [C-]#[N+]c1ccc(C(=O)NCCS(=O)(=O)O)cc1. The number of hydrogen-bond acceptors (Lipinski definition) is 3. The first-order valence-corrected chi connectivity index (χ1v) is 6.24. The van der Waals surface area contributed by atoms with Gasteiger partial charge in [0.25, 0.3) is 16.0 Å². The summed E-state index contributed by atoms with van der Waals surface area (Å²) in [5.41, 5.74) is 0.743. The van der Waals surface area contributed by atoms with Gasteiger partial charge in [-0.05, 0) is 0 Å². The smallest absolute Gasteiger partial charge is 0.266 e. The second kappa shape index (κ2) is 5.43. The number of carbonyl (C=O) groups excluding carboxylic acids is 1. The van der Waals surface area contributed by atoms with E-state index in [-0.39, 0.29) is 6.54 Å². The number of benzene rings is 1. The van der Waals surface area contributed by atoms with Crippen molar-refractivity contribution in [3.63, 3.8) is 0 Å². The first-order chi connectivity index (χ1) is 7.92. The molecular formula is C10H10N2O4S. The Bertz CT molecular complexity index is 543. The molecule has 0 aliphatic rings. The highest BCUT2D eigenvalue weighted by molar-refractivity contribution is 7.85. The van der Waals surface area contributed by atoms with Crippen LogP contribution in [-0.4, -0.2) is 31.2 Å². The molecule has 1 aromatic rings. The van der Waals surface area contributed by atoms with Gasteiger partial charge in [0.1, 0.15) is 0 Å². The van der Waals surface area contributed by atoms with E-state index in [1.54, 1.807) is 0 Å². The molecule has 17 heavy (non-hydrogen) atoms. The Morgan fingerprint density at radius 3 is 2.41 bits per heavy atom. The van der Waals surface area contributed by atoms with Crippen molar-refractivity contribution in [2.24, 2.45) is 0 Å². The predicted octanol–water partition coefficient (Wildman–Crippen LogP) is 0.855. The van der Waals surface area contributed by atoms with Gasteiger partial charge >= 0.3 is 0 Å². The van der Waals surface area contributed by atoms with Crippen molar-refractivity contribution in [1.82, 2.24) is 5.32 Å². The molecule has 1 aromatic carbocycles. The largest absolute Gasteiger partial charge is 0.351 e. The summed E-state index contributed by atoms with van der Waals surface area (Å²) in [5.74, 6) is -0.982. The number of amides is 1. The molecule has 0 aromatic heterocycles. The van der Waals surface area contributed by atoms with Gasteiger partial charge in [-0.1, -0.05) is 24.3 Å². The molecule has 1 amide bonds. The molecule has 90 valence electrons. The summed E-state index contributed by atoms with van der Waals surface area (Å²) in [7, 11) is -4.07. The zero-order valence-electron chi connectivity index (χ0n) is 8.75. The highest BCUT2D eigenvalue weighted by atomic mass is 32.2. The van der Waals surface area contributed by atoms with E-state index in [2.05, 4.69) is 10.2 Å². The van der Waals surface area contributed by atoms with Crippen LogP contribution < -0.4 is 5.32 Å². The summed E-state index contributed by atoms with van der Waals surface area (Å²) in [6.45, 7) is 6.57. The van der Waals surface area contributed by atoms with Crippen molar-refractivity contribution in [3.05, 3.63) is 41.2 Å². The average Bonchev–Trinajstić information content (AvgIpc) is 2.27. The van der Waals surface area contributed by atoms with E-state index in [1.807, 2.05) is 0 Å². The van der Waals surface area contributed by atoms with Gasteiger partial charge in [0, 0.05) is 12.1 Å². The van der Waals surface area contributed by atoms with Crippen molar-refractivity contribution in [1.29, 1.82) is 0 Å². The van der Waals surface area contributed by atoms with Gasteiger partial charge in [0.05, 0.1) is 12.3 Å². The van der Waals surface area contributed by atoms with Crippen molar-refractivity contribution >= 4 is 21.7 Å². The minimum absolute atomic E-state index is 0.164. The molecule has 1 rings (SSSR count). The topological polar surface area (TPSA) is 87.8 Å². The molecule has 0 radical (unpaired) electrons. The molecule has 0 unspecified atom stereocenters. The van der Waals surface area contributed by atoms with Gasteiger partial charge in [0.15, 0.2) is 5.69 Å². The van der Waals surface area contributed by atoms with Crippen LogP contribution in [0.15, 0.2) is 24.3 Å². The molecule has 0 saturated carbocycles. The zero-order chi connectivity index (χ0) is 12.9. The minimum Gasteiger partial charge on any atom is -0.351 e. The lowest BCUT2D eigenvalue weighted by atomic mass is 10.2. The van der Waals surface area contributed by atoms with Crippen LogP contribution in [0.5, 0.6) is 0 Å². The number of rotatable bonds is 4. The number of hydrogen-bond donors (Lipinski definition) is 2. The molecule has 0 atom stereocenters. The van der Waals surface area contributed by atoms with Crippen molar-refractivity contribution in [2.75, 3.05) is 12.3 Å². The standard InChI is InChI=1S/C10H10N2O4S/c1-11-9-4-2-8(3-5-9)10(13)12-6-7-17(14,15)16/h2-5H,6-7H2,(H,12,13)(H,14,15,16). The zero-order valence-corrected chi connectivity index (χ0v) is 9.57. The molecule has 0 heterocycles. The molecule has 0 aliphatic carbocycles. The lowest BCUT2D eigenvalue weighted by molar-refractivity contribution is 0.0956. The summed E-state index contributed by atoms with van der Waals surface area (Å²) in [4.78, 5) is 14.6. The Kier molecular flexibility index (Phi) is 4.20. The molecule has 0 saturated heterocycles. The maximum absolute atomic E-state index is 11.5. The first kappa shape index (κ1) is 13.2. The molecular weight excluding hydrogens is 244 g/mol. The van der Waals surface area contributed by atoms with Gasteiger partial charge in [-0.3, -0.25) is 9.35 Å². The van der Waals surface area contributed by atoms with Crippen molar-refractivity contribution in [2.45, 2.75) is 0 Å². The first-order valence-electron chi connectivity index (χ1n) is 4.63. The van der Waals surface area contributed by atoms with E-state index in [1.165, 1.54) is 24.3 Å². The number of nitrogens with one attached hydrogen (secondary N) is 1. The van der Waals surface area contributed by atoms with Gasteiger partial charge in [-0.2, -0.15) is 8.42 Å². The van der Waals surface area contributed by atoms with E-state index < -0.39 is 21.8 Å². The molecule has 0 bridgehead atoms. The summed E-state index contributed by atoms with van der Waals surface area (Å²) < 4.78 is 29.3. The maximum Gasteiger partial charge on any atom is 0.266 e. The fraction of sp³-hybridized carbons (Fsp3) is 0.200. The van der Waals surface area contributed by atoms with Gasteiger partial charge in [-0.15, -0.1) is 0 Å². The second-order valence-corrected chi connectivity index (χ2v) is 4.77. The van der Waals surface area contributed by atoms with E-state index in [9.17, 15) is 13.2 Å². The fourth-order valence-electron chi connectivity index (χ4n) is 1.08. The summed E-state index contributed by atoms with van der Waals surface area (Å²) in [5, 5.41) is 2.34. The molecule has 7 heteroatoms. The third-order valence-electron chi connectivity index (χ3n) is 1.90. The Hall–Kier alpha value is -1.91. The van der Waals surface area contributed by atoms with Crippen LogP contribution in [0.2, 0.25) is 0 Å². The van der Waals surface area contributed by atoms with Crippen LogP contribution in [-0.2, 0) is 10.1 Å².